The maximum absolute atomic E-state index is 8.36. The summed E-state index contributed by atoms with van der Waals surface area (Å²) in [5.41, 5.74) is 0. The Morgan fingerprint density at radius 2 is 2.36 bits per heavy atom. The van der Waals surface area contributed by atoms with Crippen LogP contribution in [0.25, 0.3) is 0 Å². The van der Waals surface area contributed by atoms with Crippen LogP contribution in [0.4, 0.5) is 0 Å². The van der Waals surface area contributed by atoms with Crippen LogP contribution < -0.4 is 5.32 Å². The van der Waals surface area contributed by atoms with E-state index in [-0.39, 0.29) is 6.47 Å². The molecule has 0 aliphatic carbocycles. The van der Waals surface area contributed by atoms with Gasteiger partial charge in [-0.25, -0.2) is 0 Å². The molecule has 0 spiro atoms. The van der Waals surface area contributed by atoms with E-state index < -0.39 is 0 Å². The third kappa shape index (κ3) is 5.85. The molecular weight excluding hydrogens is 142 g/mol. The lowest BCUT2D eigenvalue weighted by Gasteiger charge is -2.20. The van der Waals surface area contributed by atoms with E-state index in [2.05, 4.69) is 12.2 Å². The van der Waals surface area contributed by atoms with Gasteiger partial charge in [0.1, 0.15) is 0 Å². The van der Waals surface area contributed by atoms with Crippen molar-refractivity contribution in [1.29, 1.82) is 0 Å². The first-order chi connectivity index (χ1) is 5.35. The van der Waals surface area contributed by atoms with Crippen molar-refractivity contribution in [3.05, 3.63) is 0 Å². The van der Waals surface area contributed by atoms with Crippen LogP contribution in [0.1, 0.15) is 26.2 Å². The second kappa shape index (κ2) is 7.54. The smallest absolute Gasteiger partial charge is 0.290 e. The van der Waals surface area contributed by atoms with Crippen LogP contribution in [-0.4, -0.2) is 24.7 Å². The molecule has 1 saturated heterocycles. The number of carboxylic acid groups (broad SMARTS) is 1. The molecule has 0 radical (unpaired) electrons. The highest BCUT2D eigenvalue weighted by molar-refractivity contribution is 5.32. The third-order valence-electron chi connectivity index (χ3n) is 1.98. The van der Waals surface area contributed by atoms with Crippen molar-refractivity contribution in [2.45, 2.75) is 26.2 Å². The van der Waals surface area contributed by atoms with Gasteiger partial charge < -0.3 is 10.4 Å². The van der Waals surface area contributed by atoms with Gasteiger partial charge in [-0.05, 0) is 31.8 Å². The molecule has 1 fully saturated rings. The summed E-state index contributed by atoms with van der Waals surface area (Å²) < 4.78 is 0. The van der Waals surface area contributed by atoms with E-state index in [1.807, 2.05) is 0 Å². The number of nitrogens with one attached hydrogen (secondary N) is 1. The van der Waals surface area contributed by atoms with Crippen LogP contribution in [-0.2, 0) is 4.79 Å². The molecule has 0 bridgehead atoms. The monoisotopic (exact) mass is 159 g/mol. The van der Waals surface area contributed by atoms with Crippen LogP contribution in [0.3, 0.4) is 0 Å². The van der Waals surface area contributed by atoms with Crippen molar-refractivity contribution in [1.82, 2.24) is 5.32 Å². The van der Waals surface area contributed by atoms with Crippen LogP contribution in [0.2, 0.25) is 0 Å². The van der Waals surface area contributed by atoms with Crippen molar-refractivity contribution in [3.63, 3.8) is 0 Å². The van der Waals surface area contributed by atoms with E-state index >= 15 is 0 Å². The molecule has 1 rings (SSSR count). The van der Waals surface area contributed by atoms with E-state index in [0.717, 1.165) is 5.92 Å². The summed E-state index contributed by atoms with van der Waals surface area (Å²) in [6.45, 7) is 4.53. The van der Waals surface area contributed by atoms with Crippen molar-refractivity contribution < 1.29 is 9.90 Å². The second-order valence-electron chi connectivity index (χ2n) is 2.73. The van der Waals surface area contributed by atoms with E-state index in [1.54, 1.807) is 0 Å². The van der Waals surface area contributed by atoms with Crippen molar-refractivity contribution in [3.8, 4) is 0 Å². The zero-order valence-electron chi connectivity index (χ0n) is 7.05. The lowest BCUT2D eigenvalue weighted by atomic mass is 9.97. The molecule has 3 heteroatoms. The first-order valence-electron chi connectivity index (χ1n) is 4.13. The minimum Gasteiger partial charge on any atom is -0.483 e. The summed E-state index contributed by atoms with van der Waals surface area (Å²) in [5, 5.41) is 10.3. The highest BCUT2D eigenvalue weighted by Gasteiger charge is 2.08. The zero-order valence-corrected chi connectivity index (χ0v) is 7.05. The standard InChI is InChI=1S/C7H15N.CH2O2/c1-2-7-4-3-5-8-6-7;2-1-3/h7-8H,2-6H2,1H3;1H,(H,2,3). The predicted molar refractivity (Wildman–Crippen MR) is 44.6 cm³/mol. The van der Waals surface area contributed by atoms with Crippen LogP contribution >= 0.6 is 0 Å². The summed E-state index contributed by atoms with van der Waals surface area (Å²) >= 11 is 0. The molecule has 0 aromatic carbocycles. The lowest BCUT2D eigenvalue weighted by molar-refractivity contribution is -0.122. The Kier molecular flexibility index (Phi) is 7.15. The van der Waals surface area contributed by atoms with Gasteiger partial charge in [0.25, 0.3) is 6.47 Å². The Morgan fingerprint density at radius 1 is 1.73 bits per heavy atom. The van der Waals surface area contributed by atoms with Gasteiger partial charge in [-0.2, -0.15) is 0 Å². The number of piperidine rings is 1. The molecular formula is C8H17NO2. The Bertz CT molecular complexity index is 90.1. The SMILES string of the molecule is CCC1CCCNC1.O=CO. The van der Waals surface area contributed by atoms with Gasteiger partial charge in [0.15, 0.2) is 0 Å². The summed E-state index contributed by atoms with van der Waals surface area (Å²) in [6, 6.07) is 0. The van der Waals surface area contributed by atoms with Crippen molar-refractivity contribution in [2.24, 2.45) is 5.92 Å². The molecule has 1 atom stereocenters. The fourth-order valence-corrected chi connectivity index (χ4v) is 1.27. The maximum Gasteiger partial charge on any atom is 0.290 e. The van der Waals surface area contributed by atoms with Crippen LogP contribution in [0.15, 0.2) is 0 Å². The fourth-order valence-electron chi connectivity index (χ4n) is 1.27. The Morgan fingerprint density at radius 3 is 2.64 bits per heavy atom. The topological polar surface area (TPSA) is 49.3 Å². The minimum atomic E-state index is -0.250. The Labute approximate surface area is 67.8 Å². The molecule has 0 aromatic rings. The highest BCUT2D eigenvalue weighted by atomic mass is 16.3. The fraction of sp³-hybridized carbons (Fsp3) is 0.875. The van der Waals surface area contributed by atoms with E-state index in [9.17, 15) is 0 Å². The first-order valence-corrected chi connectivity index (χ1v) is 4.13. The molecule has 0 saturated carbocycles. The van der Waals surface area contributed by atoms with Crippen molar-refractivity contribution in [2.75, 3.05) is 13.1 Å². The van der Waals surface area contributed by atoms with Gasteiger partial charge in [-0.1, -0.05) is 13.3 Å². The summed E-state index contributed by atoms with van der Waals surface area (Å²) in [5.74, 6) is 0.976. The molecule has 0 amide bonds. The first kappa shape index (κ1) is 10.4. The van der Waals surface area contributed by atoms with E-state index in [4.69, 9.17) is 9.90 Å². The van der Waals surface area contributed by atoms with Crippen LogP contribution in [0.5, 0.6) is 0 Å². The molecule has 66 valence electrons. The quantitative estimate of drug-likeness (QED) is 0.563. The highest BCUT2D eigenvalue weighted by Crippen LogP contribution is 2.12. The lowest BCUT2D eigenvalue weighted by Crippen LogP contribution is -2.29. The van der Waals surface area contributed by atoms with E-state index in [0.29, 0.717) is 0 Å². The van der Waals surface area contributed by atoms with E-state index in [1.165, 1.54) is 32.4 Å². The van der Waals surface area contributed by atoms with Crippen molar-refractivity contribution >= 4 is 6.47 Å². The minimum absolute atomic E-state index is 0.250. The second-order valence-corrected chi connectivity index (χ2v) is 2.73. The Hall–Kier alpha value is -0.570. The molecule has 1 unspecified atom stereocenters. The third-order valence-corrected chi connectivity index (χ3v) is 1.98. The summed E-state index contributed by atoms with van der Waals surface area (Å²) in [6.07, 6.45) is 4.19. The number of carbonyl (C=O) groups is 1. The van der Waals surface area contributed by atoms with Gasteiger partial charge in [0, 0.05) is 0 Å². The molecule has 1 heterocycles. The number of hydrogen-bond acceptors (Lipinski definition) is 2. The molecule has 3 nitrogen and oxygen atoms in total. The average molecular weight is 159 g/mol. The molecule has 2 N–H and O–H groups in total. The van der Waals surface area contributed by atoms with Gasteiger partial charge >= 0.3 is 0 Å². The predicted octanol–water partition coefficient (Wildman–Crippen LogP) is 1.10. The maximum atomic E-state index is 8.36. The number of hydrogen-bond donors (Lipinski definition) is 2. The normalized spacial score (nSPS) is 23.2. The molecule has 11 heavy (non-hydrogen) atoms. The van der Waals surface area contributed by atoms with Gasteiger partial charge in [0.05, 0.1) is 0 Å². The summed E-state index contributed by atoms with van der Waals surface area (Å²) in [7, 11) is 0. The van der Waals surface area contributed by atoms with Gasteiger partial charge in [-0.15, -0.1) is 0 Å². The summed E-state index contributed by atoms with van der Waals surface area (Å²) in [4.78, 5) is 8.36. The number of rotatable bonds is 1. The molecule has 1 aliphatic rings. The molecule has 0 aromatic heterocycles. The zero-order chi connectivity index (χ0) is 8.53. The van der Waals surface area contributed by atoms with Gasteiger partial charge in [-0.3, -0.25) is 4.79 Å². The Balaban J connectivity index is 0.000000292. The van der Waals surface area contributed by atoms with Gasteiger partial charge in [0.2, 0.25) is 0 Å². The van der Waals surface area contributed by atoms with Crippen LogP contribution in [0, 0.1) is 5.92 Å². The molecule has 1 aliphatic heterocycles. The largest absolute Gasteiger partial charge is 0.483 e. The average Bonchev–Trinajstić information content (AvgIpc) is 2.08.